The molecule has 0 aliphatic heterocycles. The molecule has 9 heteroatoms. The van der Waals surface area contributed by atoms with Gasteiger partial charge in [-0.05, 0) is 48.7 Å². The standard InChI is InChI=1S/C25H26Cl2N4O3/c1-2-24(33)29-17-8-9-18(23(32)12-17)21-13-22(16-5-3-4-6-16)31(30-21)25(34)28-14-15-7-10-19(26)20(27)11-15/h7-13,16,32H,2-6,14H2,1H3,(H,28,34)(H,29,33). The topological polar surface area (TPSA) is 96.3 Å². The Morgan fingerprint density at radius 1 is 1.09 bits per heavy atom. The summed E-state index contributed by atoms with van der Waals surface area (Å²) in [5.74, 6) is 0.0635. The lowest BCUT2D eigenvalue weighted by atomic mass is 10.0. The fraction of sp³-hybridized carbons (Fsp3) is 0.320. The zero-order chi connectivity index (χ0) is 24.2. The van der Waals surface area contributed by atoms with Gasteiger partial charge in [0, 0.05) is 36.2 Å². The molecule has 3 N–H and O–H groups in total. The quantitative estimate of drug-likeness (QED) is 0.368. The Hall–Kier alpha value is -3.03. The fourth-order valence-corrected chi connectivity index (χ4v) is 4.50. The summed E-state index contributed by atoms with van der Waals surface area (Å²) in [7, 11) is 0. The summed E-state index contributed by atoms with van der Waals surface area (Å²) in [6, 6.07) is 11.6. The molecule has 2 aromatic carbocycles. The van der Waals surface area contributed by atoms with Crippen molar-refractivity contribution in [1.29, 1.82) is 0 Å². The number of halogens is 2. The number of aromatic nitrogens is 2. The first kappa shape index (κ1) is 24.1. The number of hydrogen-bond acceptors (Lipinski definition) is 4. The van der Waals surface area contributed by atoms with Crippen LogP contribution in [0.5, 0.6) is 5.75 Å². The van der Waals surface area contributed by atoms with E-state index >= 15 is 0 Å². The number of hydrogen-bond donors (Lipinski definition) is 3. The normalized spacial score (nSPS) is 13.7. The van der Waals surface area contributed by atoms with Crippen LogP contribution in [0.2, 0.25) is 10.0 Å². The molecule has 0 unspecified atom stereocenters. The van der Waals surface area contributed by atoms with Crippen LogP contribution in [-0.4, -0.2) is 26.8 Å². The van der Waals surface area contributed by atoms with Gasteiger partial charge in [-0.25, -0.2) is 4.79 Å². The Labute approximate surface area is 208 Å². The first-order valence-electron chi connectivity index (χ1n) is 11.3. The maximum absolute atomic E-state index is 13.1. The van der Waals surface area contributed by atoms with Crippen LogP contribution in [0.4, 0.5) is 10.5 Å². The van der Waals surface area contributed by atoms with Crippen LogP contribution in [0.3, 0.4) is 0 Å². The van der Waals surface area contributed by atoms with Crippen LogP contribution in [-0.2, 0) is 11.3 Å². The fourth-order valence-electron chi connectivity index (χ4n) is 4.18. The Morgan fingerprint density at radius 3 is 2.53 bits per heavy atom. The third-order valence-electron chi connectivity index (χ3n) is 6.01. The molecule has 1 aliphatic carbocycles. The number of carbonyl (C=O) groups excluding carboxylic acids is 2. The lowest BCUT2D eigenvalue weighted by Crippen LogP contribution is -2.30. The largest absolute Gasteiger partial charge is 0.507 e. The number of amides is 2. The van der Waals surface area contributed by atoms with E-state index in [1.54, 1.807) is 37.3 Å². The third-order valence-corrected chi connectivity index (χ3v) is 6.75. The van der Waals surface area contributed by atoms with E-state index in [4.69, 9.17) is 23.2 Å². The van der Waals surface area contributed by atoms with Gasteiger partial charge in [-0.3, -0.25) is 4.79 Å². The van der Waals surface area contributed by atoms with Crippen molar-refractivity contribution < 1.29 is 14.7 Å². The Kier molecular flexibility index (Phi) is 7.44. The van der Waals surface area contributed by atoms with Crippen LogP contribution in [0.25, 0.3) is 11.3 Å². The Balaban J connectivity index is 1.60. The number of anilines is 1. The second kappa shape index (κ2) is 10.5. The second-order valence-corrected chi connectivity index (χ2v) is 9.20. The van der Waals surface area contributed by atoms with E-state index in [1.165, 1.54) is 10.7 Å². The molecule has 7 nitrogen and oxygen atoms in total. The van der Waals surface area contributed by atoms with Crippen molar-refractivity contribution in [3.8, 4) is 17.0 Å². The number of nitrogens with zero attached hydrogens (tertiary/aromatic N) is 2. The van der Waals surface area contributed by atoms with Gasteiger partial charge >= 0.3 is 6.03 Å². The molecule has 0 bridgehead atoms. The maximum Gasteiger partial charge on any atom is 0.342 e. The average molecular weight is 501 g/mol. The molecule has 3 aromatic rings. The minimum atomic E-state index is -0.356. The summed E-state index contributed by atoms with van der Waals surface area (Å²) < 4.78 is 1.40. The lowest BCUT2D eigenvalue weighted by Gasteiger charge is -2.12. The average Bonchev–Trinajstić information content (AvgIpc) is 3.50. The SMILES string of the molecule is CCC(=O)Nc1ccc(-c2cc(C3CCCC3)n(C(=O)NCc3ccc(Cl)c(Cl)c3)n2)c(O)c1. The Morgan fingerprint density at radius 2 is 1.85 bits per heavy atom. The number of aromatic hydroxyl groups is 1. The second-order valence-electron chi connectivity index (χ2n) is 8.39. The number of carbonyl (C=O) groups is 2. The highest BCUT2D eigenvalue weighted by Gasteiger charge is 2.26. The van der Waals surface area contributed by atoms with Gasteiger partial charge in [-0.15, -0.1) is 0 Å². The van der Waals surface area contributed by atoms with Crippen molar-refractivity contribution in [2.75, 3.05) is 5.32 Å². The molecule has 178 valence electrons. The van der Waals surface area contributed by atoms with Gasteiger partial charge in [0.25, 0.3) is 0 Å². The number of nitrogens with one attached hydrogen (secondary N) is 2. The first-order chi connectivity index (χ1) is 16.4. The molecule has 1 fully saturated rings. The monoisotopic (exact) mass is 500 g/mol. The molecule has 1 saturated carbocycles. The zero-order valence-electron chi connectivity index (χ0n) is 18.8. The summed E-state index contributed by atoms with van der Waals surface area (Å²) in [5, 5.41) is 21.7. The van der Waals surface area contributed by atoms with E-state index < -0.39 is 0 Å². The van der Waals surface area contributed by atoms with Gasteiger partial charge in [0.2, 0.25) is 5.91 Å². The minimum Gasteiger partial charge on any atom is -0.507 e. The number of benzene rings is 2. The van der Waals surface area contributed by atoms with E-state index in [0.717, 1.165) is 36.9 Å². The molecule has 2 amide bonds. The van der Waals surface area contributed by atoms with E-state index in [2.05, 4.69) is 15.7 Å². The van der Waals surface area contributed by atoms with Crippen molar-refractivity contribution in [2.45, 2.75) is 51.5 Å². The van der Waals surface area contributed by atoms with Crippen LogP contribution >= 0.6 is 23.2 Å². The van der Waals surface area contributed by atoms with Crippen LogP contribution in [0.15, 0.2) is 42.5 Å². The lowest BCUT2D eigenvalue weighted by molar-refractivity contribution is -0.115. The van der Waals surface area contributed by atoms with Crippen LogP contribution < -0.4 is 10.6 Å². The van der Waals surface area contributed by atoms with Crippen molar-refractivity contribution in [3.05, 3.63) is 63.8 Å². The van der Waals surface area contributed by atoms with Gasteiger partial charge in [0.1, 0.15) is 5.75 Å². The highest BCUT2D eigenvalue weighted by Crippen LogP contribution is 2.38. The number of phenols is 1. The van der Waals surface area contributed by atoms with Gasteiger partial charge in [-0.1, -0.05) is 49.0 Å². The summed E-state index contributed by atoms with van der Waals surface area (Å²) in [6.07, 6.45) is 4.52. The smallest absolute Gasteiger partial charge is 0.342 e. The summed E-state index contributed by atoms with van der Waals surface area (Å²) in [4.78, 5) is 24.8. The molecule has 4 rings (SSSR count). The highest BCUT2D eigenvalue weighted by atomic mass is 35.5. The molecule has 1 aromatic heterocycles. The predicted molar refractivity (Wildman–Crippen MR) is 134 cm³/mol. The summed E-state index contributed by atoms with van der Waals surface area (Å²) in [6.45, 7) is 2.03. The minimum absolute atomic E-state index is 0.0206. The van der Waals surface area contributed by atoms with Crippen LogP contribution in [0.1, 0.15) is 56.2 Å². The highest BCUT2D eigenvalue weighted by molar-refractivity contribution is 6.42. The predicted octanol–water partition coefficient (Wildman–Crippen LogP) is 6.33. The molecule has 0 atom stereocenters. The molecular weight excluding hydrogens is 475 g/mol. The maximum atomic E-state index is 13.1. The third kappa shape index (κ3) is 5.37. The van der Waals surface area contributed by atoms with Crippen molar-refractivity contribution in [3.63, 3.8) is 0 Å². The van der Waals surface area contributed by atoms with Gasteiger partial charge in [0.05, 0.1) is 21.4 Å². The van der Waals surface area contributed by atoms with Crippen molar-refractivity contribution in [2.24, 2.45) is 0 Å². The molecular formula is C25H26Cl2N4O3. The van der Waals surface area contributed by atoms with Crippen LogP contribution in [0, 0.1) is 0 Å². The first-order valence-corrected chi connectivity index (χ1v) is 12.1. The van der Waals surface area contributed by atoms with Crippen molar-refractivity contribution >= 4 is 40.8 Å². The van der Waals surface area contributed by atoms with E-state index in [-0.39, 0.29) is 30.2 Å². The molecule has 1 heterocycles. The van der Waals surface area contributed by atoms with E-state index in [0.29, 0.717) is 33.4 Å². The molecule has 0 spiro atoms. The van der Waals surface area contributed by atoms with Crippen molar-refractivity contribution in [1.82, 2.24) is 15.1 Å². The van der Waals surface area contributed by atoms with Gasteiger partial charge in [0.15, 0.2) is 0 Å². The van der Waals surface area contributed by atoms with Gasteiger partial charge < -0.3 is 15.7 Å². The zero-order valence-corrected chi connectivity index (χ0v) is 20.3. The summed E-state index contributed by atoms with van der Waals surface area (Å²) >= 11 is 12.1. The van der Waals surface area contributed by atoms with Gasteiger partial charge in [-0.2, -0.15) is 9.78 Å². The summed E-state index contributed by atoms with van der Waals surface area (Å²) in [5.41, 5.74) is 3.13. The molecule has 0 radical (unpaired) electrons. The number of rotatable bonds is 6. The van der Waals surface area contributed by atoms with E-state index in [9.17, 15) is 14.7 Å². The Bertz CT molecular complexity index is 1220. The molecule has 1 aliphatic rings. The number of phenolic OH excluding ortho intramolecular Hbond substituents is 1. The molecule has 0 saturated heterocycles. The van der Waals surface area contributed by atoms with E-state index in [1.807, 2.05) is 6.07 Å². The molecule has 34 heavy (non-hydrogen) atoms.